The van der Waals surface area contributed by atoms with E-state index in [1.54, 1.807) is 7.11 Å². The molecule has 0 saturated carbocycles. The molecule has 0 N–H and O–H groups in total. The quantitative estimate of drug-likeness (QED) is 0.734. The normalized spacial score (nSPS) is 33.3. The molecule has 1 fully saturated rings. The molecular weight excluding hydrogens is 232 g/mol. The molecule has 0 aliphatic carbocycles. The largest absolute Gasteiger partial charge is 0.378 e. The molecule has 0 aromatic rings. The molecule has 0 radical (unpaired) electrons. The summed E-state index contributed by atoms with van der Waals surface area (Å²) in [5.74, 6) is 0.342. The molecule has 1 aliphatic heterocycles. The van der Waals surface area contributed by atoms with Crippen molar-refractivity contribution in [2.24, 2.45) is 5.92 Å². The molecule has 4 heteroatoms. The maximum atomic E-state index is 5.98. The van der Waals surface area contributed by atoms with E-state index in [9.17, 15) is 0 Å². The Morgan fingerprint density at radius 1 is 1.11 bits per heavy atom. The summed E-state index contributed by atoms with van der Waals surface area (Å²) < 4.78 is 23.1. The molecule has 0 unspecified atom stereocenters. The SMILES string of the molecule is CO[C@@H]1[C@H](OC(C)C)[C@@H](COC(C)C)OC[C@H]1C. The second-order valence-corrected chi connectivity index (χ2v) is 5.58. The van der Waals surface area contributed by atoms with Gasteiger partial charge in [-0.3, -0.25) is 0 Å². The van der Waals surface area contributed by atoms with Gasteiger partial charge in [0.2, 0.25) is 0 Å². The maximum Gasteiger partial charge on any atom is 0.113 e. The fourth-order valence-electron chi connectivity index (χ4n) is 2.28. The zero-order chi connectivity index (χ0) is 13.7. The number of rotatable bonds is 6. The highest BCUT2D eigenvalue weighted by atomic mass is 16.6. The molecule has 0 aromatic carbocycles. The molecule has 1 rings (SSSR count). The highest BCUT2D eigenvalue weighted by Crippen LogP contribution is 2.26. The van der Waals surface area contributed by atoms with Crippen molar-refractivity contribution in [3.8, 4) is 0 Å². The van der Waals surface area contributed by atoms with E-state index in [0.717, 1.165) is 0 Å². The van der Waals surface area contributed by atoms with Crippen molar-refractivity contribution in [3.05, 3.63) is 0 Å². The summed E-state index contributed by atoms with van der Waals surface area (Å²) in [5, 5.41) is 0. The lowest BCUT2D eigenvalue weighted by Gasteiger charge is -2.41. The van der Waals surface area contributed by atoms with Crippen LogP contribution in [0.4, 0.5) is 0 Å². The highest BCUT2D eigenvalue weighted by Gasteiger charge is 2.40. The van der Waals surface area contributed by atoms with E-state index in [1.807, 2.05) is 27.7 Å². The van der Waals surface area contributed by atoms with Crippen LogP contribution in [0.5, 0.6) is 0 Å². The van der Waals surface area contributed by atoms with Crippen LogP contribution in [-0.4, -0.2) is 50.8 Å². The first-order chi connectivity index (χ1) is 8.45. The maximum absolute atomic E-state index is 5.98. The van der Waals surface area contributed by atoms with E-state index in [0.29, 0.717) is 19.1 Å². The van der Waals surface area contributed by atoms with Gasteiger partial charge in [0.25, 0.3) is 0 Å². The van der Waals surface area contributed by atoms with Crippen molar-refractivity contribution in [1.82, 2.24) is 0 Å². The van der Waals surface area contributed by atoms with Crippen LogP contribution in [-0.2, 0) is 18.9 Å². The van der Waals surface area contributed by atoms with Crippen molar-refractivity contribution < 1.29 is 18.9 Å². The third-order valence-corrected chi connectivity index (χ3v) is 3.12. The molecule has 1 aliphatic rings. The number of ether oxygens (including phenoxy) is 4. The van der Waals surface area contributed by atoms with Crippen molar-refractivity contribution >= 4 is 0 Å². The van der Waals surface area contributed by atoms with E-state index in [-0.39, 0.29) is 30.5 Å². The fraction of sp³-hybridized carbons (Fsp3) is 1.00. The molecule has 1 heterocycles. The van der Waals surface area contributed by atoms with Crippen LogP contribution in [0.15, 0.2) is 0 Å². The van der Waals surface area contributed by atoms with Crippen LogP contribution in [0.25, 0.3) is 0 Å². The summed E-state index contributed by atoms with van der Waals surface area (Å²) in [6.07, 6.45) is 0.326. The Hall–Kier alpha value is -0.160. The van der Waals surface area contributed by atoms with Gasteiger partial charge in [-0.05, 0) is 27.7 Å². The third-order valence-electron chi connectivity index (χ3n) is 3.12. The van der Waals surface area contributed by atoms with Gasteiger partial charge in [-0.1, -0.05) is 6.92 Å². The molecule has 0 spiro atoms. The van der Waals surface area contributed by atoms with E-state index in [4.69, 9.17) is 18.9 Å². The van der Waals surface area contributed by atoms with E-state index < -0.39 is 0 Å². The monoisotopic (exact) mass is 260 g/mol. The van der Waals surface area contributed by atoms with Gasteiger partial charge in [0.1, 0.15) is 12.2 Å². The minimum absolute atomic E-state index is 0.0454. The Balaban J connectivity index is 2.66. The first-order valence-electron chi connectivity index (χ1n) is 6.87. The van der Waals surface area contributed by atoms with E-state index >= 15 is 0 Å². The van der Waals surface area contributed by atoms with E-state index in [1.165, 1.54) is 0 Å². The van der Waals surface area contributed by atoms with Gasteiger partial charge in [0.15, 0.2) is 0 Å². The fourth-order valence-corrected chi connectivity index (χ4v) is 2.28. The Morgan fingerprint density at radius 2 is 1.78 bits per heavy atom. The molecule has 1 saturated heterocycles. The summed E-state index contributed by atoms with van der Waals surface area (Å²) in [6, 6.07) is 0. The lowest BCUT2D eigenvalue weighted by atomic mass is 9.93. The van der Waals surface area contributed by atoms with Gasteiger partial charge in [-0.15, -0.1) is 0 Å². The van der Waals surface area contributed by atoms with Gasteiger partial charge in [-0.2, -0.15) is 0 Å². The lowest BCUT2D eigenvalue weighted by Crippen LogP contribution is -2.54. The smallest absolute Gasteiger partial charge is 0.113 e. The van der Waals surface area contributed by atoms with Gasteiger partial charge >= 0.3 is 0 Å². The van der Waals surface area contributed by atoms with Gasteiger partial charge in [-0.25, -0.2) is 0 Å². The Labute approximate surface area is 111 Å². The Morgan fingerprint density at radius 3 is 2.28 bits per heavy atom. The number of hydrogen-bond donors (Lipinski definition) is 0. The van der Waals surface area contributed by atoms with Crippen LogP contribution >= 0.6 is 0 Å². The highest BCUT2D eigenvalue weighted by molar-refractivity contribution is 4.88. The van der Waals surface area contributed by atoms with Gasteiger partial charge in [0.05, 0.1) is 31.5 Å². The average Bonchev–Trinajstić information content (AvgIpc) is 2.27. The summed E-state index contributed by atoms with van der Waals surface area (Å²) in [6.45, 7) is 11.5. The van der Waals surface area contributed by atoms with Crippen LogP contribution in [0.3, 0.4) is 0 Å². The zero-order valence-electron chi connectivity index (χ0n) is 12.5. The lowest BCUT2D eigenvalue weighted by molar-refractivity contribution is -0.215. The molecule has 18 heavy (non-hydrogen) atoms. The second-order valence-electron chi connectivity index (χ2n) is 5.58. The zero-order valence-corrected chi connectivity index (χ0v) is 12.5. The van der Waals surface area contributed by atoms with Crippen molar-refractivity contribution in [2.45, 2.75) is 65.1 Å². The predicted octanol–water partition coefficient (Wildman–Crippen LogP) is 2.25. The first-order valence-corrected chi connectivity index (χ1v) is 6.87. The van der Waals surface area contributed by atoms with Gasteiger partial charge in [0, 0.05) is 13.0 Å². The predicted molar refractivity (Wildman–Crippen MR) is 70.8 cm³/mol. The number of methoxy groups -OCH3 is 1. The minimum atomic E-state index is -0.0579. The Kier molecular flexibility index (Phi) is 6.57. The van der Waals surface area contributed by atoms with Crippen molar-refractivity contribution in [2.75, 3.05) is 20.3 Å². The molecule has 4 nitrogen and oxygen atoms in total. The Bertz CT molecular complexity index is 230. The number of hydrogen-bond acceptors (Lipinski definition) is 4. The summed E-state index contributed by atoms with van der Waals surface area (Å²) in [4.78, 5) is 0. The molecule has 0 bridgehead atoms. The van der Waals surface area contributed by atoms with E-state index in [2.05, 4.69) is 6.92 Å². The summed E-state index contributed by atoms with van der Waals surface area (Å²) >= 11 is 0. The first kappa shape index (κ1) is 15.9. The minimum Gasteiger partial charge on any atom is -0.378 e. The van der Waals surface area contributed by atoms with Crippen LogP contribution in [0.2, 0.25) is 0 Å². The molecule has 108 valence electrons. The van der Waals surface area contributed by atoms with Crippen LogP contribution < -0.4 is 0 Å². The van der Waals surface area contributed by atoms with Crippen molar-refractivity contribution in [1.29, 1.82) is 0 Å². The third kappa shape index (κ3) is 4.50. The van der Waals surface area contributed by atoms with Gasteiger partial charge < -0.3 is 18.9 Å². The molecule has 4 atom stereocenters. The summed E-state index contributed by atoms with van der Waals surface area (Å²) in [7, 11) is 1.74. The standard InChI is InChI=1S/C14H28O4/c1-9(2)16-8-12-14(18-10(3)4)13(15-6)11(5)7-17-12/h9-14H,7-8H2,1-6H3/t11-,12-,13+,14-/m1/s1. The molecule has 0 aromatic heterocycles. The summed E-state index contributed by atoms with van der Waals surface area (Å²) in [5.41, 5.74) is 0. The topological polar surface area (TPSA) is 36.9 Å². The van der Waals surface area contributed by atoms with Crippen molar-refractivity contribution in [3.63, 3.8) is 0 Å². The molecular formula is C14H28O4. The second kappa shape index (κ2) is 7.43. The van der Waals surface area contributed by atoms with Crippen LogP contribution in [0.1, 0.15) is 34.6 Å². The van der Waals surface area contributed by atoms with Crippen LogP contribution in [0, 0.1) is 5.92 Å². The average molecular weight is 260 g/mol. The molecule has 0 amide bonds.